The van der Waals surface area contributed by atoms with Gasteiger partial charge in [0, 0.05) is 56.2 Å². The number of nitrogens with zero attached hydrogens (tertiary/aromatic N) is 5. The fourth-order valence-electron chi connectivity index (χ4n) is 5.87. The summed E-state index contributed by atoms with van der Waals surface area (Å²) in [5.41, 5.74) is 6.48. The van der Waals surface area contributed by atoms with E-state index >= 15 is 0 Å². The molecule has 1 N–H and O–H groups in total. The Morgan fingerprint density at radius 1 is 0.944 bits per heavy atom. The first-order valence-electron chi connectivity index (χ1n) is 13.6. The third-order valence-corrected chi connectivity index (χ3v) is 8.30. The van der Waals surface area contributed by atoms with Crippen LogP contribution in [0, 0.1) is 13.8 Å². The highest BCUT2D eigenvalue weighted by atomic mass is 16.3. The third-order valence-electron chi connectivity index (χ3n) is 8.30. The number of anilines is 1. The fraction of sp³-hybridized carbons (Fsp3) is 0.607. The molecule has 0 saturated carbocycles. The van der Waals surface area contributed by atoms with Gasteiger partial charge in [-0.2, -0.15) is 5.10 Å². The number of piperazine rings is 1. The number of rotatable bonds is 4. The van der Waals surface area contributed by atoms with E-state index in [0.717, 1.165) is 56.5 Å². The van der Waals surface area contributed by atoms with E-state index in [1.165, 1.54) is 16.8 Å². The largest absolute Gasteiger partial charge is 0.393 e. The molecule has 0 spiro atoms. The number of likely N-dealkylation sites (tertiary alicyclic amines) is 1. The molecule has 3 aliphatic rings. The molecule has 1 aromatic heterocycles. The molecule has 2 aliphatic heterocycles. The molecule has 194 valence electrons. The number of carbonyl (C=O) groups excluding carboxylic acids is 2. The Morgan fingerprint density at radius 2 is 1.67 bits per heavy atom. The molecule has 0 radical (unpaired) electrons. The number of carbonyl (C=O) groups is 2. The van der Waals surface area contributed by atoms with Crippen molar-refractivity contribution in [3.8, 4) is 0 Å². The number of hydrogen-bond donors (Lipinski definition) is 1. The molecule has 2 aromatic rings. The minimum atomic E-state index is -0.323. The number of aliphatic hydroxyl groups is 1. The van der Waals surface area contributed by atoms with E-state index in [4.69, 9.17) is 5.10 Å². The van der Waals surface area contributed by atoms with Gasteiger partial charge in [-0.15, -0.1) is 0 Å². The van der Waals surface area contributed by atoms with Crippen LogP contribution in [-0.4, -0.2) is 81.9 Å². The van der Waals surface area contributed by atoms with Crippen LogP contribution < -0.4 is 4.90 Å². The molecule has 5 rings (SSSR count). The van der Waals surface area contributed by atoms with Gasteiger partial charge in [-0.25, -0.2) is 0 Å². The van der Waals surface area contributed by atoms with Gasteiger partial charge in [0.15, 0.2) is 5.69 Å². The van der Waals surface area contributed by atoms with Crippen molar-refractivity contribution in [3.05, 3.63) is 46.3 Å². The van der Waals surface area contributed by atoms with Crippen molar-refractivity contribution in [1.82, 2.24) is 19.6 Å². The summed E-state index contributed by atoms with van der Waals surface area (Å²) in [5, 5.41) is 14.6. The van der Waals surface area contributed by atoms with Gasteiger partial charge in [-0.3, -0.25) is 14.3 Å². The average Bonchev–Trinajstić information content (AvgIpc) is 3.05. The van der Waals surface area contributed by atoms with Gasteiger partial charge in [0.1, 0.15) is 6.54 Å². The van der Waals surface area contributed by atoms with Gasteiger partial charge in [-0.05, 0) is 69.6 Å². The molecular weight excluding hydrogens is 454 g/mol. The summed E-state index contributed by atoms with van der Waals surface area (Å²) in [6.07, 6.45) is 5.85. The Morgan fingerprint density at radius 3 is 2.42 bits per heavy atom. The number of aryl methyl sites for hydroxylation is 1. The van der Waals surface area contributed by atoms with Crippen LogP contribution in [0.1, 0.15) is 65.0 Å². The molecule has 36 heavy (non-hydrogen) atoms. The maximum absolute atomic E-state index is 13.4. The second-order valence-corrected chi connectivity index (χ2v) is 10.6. The zero-order valence-corrected chi connectivity index (χ0v) is 21.7. The van der Waals surface area contributed by atoms with Crippen LogP contribution in [0.5, 0.6) is 0 Å². The zero-order chi connectivity index (χ0) is 25.2. The van der Waals surface area contributed by atoms with Crippen LogP contribution in [0.25, 0.3) is 0 Å². The van der Waals surface area contributed by atoms with Gasteiger partial charge in [0.2, 0.25) is 5.91 Å². The van der Waals surface area contributed by atoms with Gasteiger partial charge in [0.25, 0.3) is 5.91 Å². The first-order valence-corrected chi connectivity index (χ1v) is 13.6. The molecule has 2 saturated heterocycles. The van der Waals surface area contributed by atoms with E-state index in [9.17, 15) is 14.7 Å². The molecule has 0 unspecified atom stereocenters. The Balaban J connectivity index is 1.28. The van der Waals surface area contributed by atoms with E-state index in [0.29, 0.717) is 44.7 Å². The lowest BCUT2D eigenvalue weighted by Crippen LogP contribution is -2.50. The number of benzene rings is 1. The quantitative estimate of drug-likeness (QED) is 0.663. The minimum absolute atomic E-state index is 0.0478. The third kappa shape index (κ3) is 5.01. The van der Waals surface area contributed by atoms with Crippen molar-refractivity contribution in [1.29, 1.82) is 0 Å². The van der Waals surface area contributed by atoms with E-state index in [1.54, 1.807) is 0 Å². The van der Waals surface area contributed by atoms with E-state index in [1.807, 2.05) is 14.5 Å². The Bertz CT molecular complexity index is 1110. The van der Waals surface area contributed by atoms with E-state index in [2.05, 4.69) is 36.9 Å². The number of aromatic nitrogens is 2. The monoisotopic (exact) mass is 493 g/mol. The second-order valence-electron chi connectivity index (χ2n) is 10.6. The van der Waals surface area contributed by atoms with E-state index < -0.39 is 0 Å². The molecule has 1 aliphatic carbocycles. The Hall–Kier alpha value is -2.87. The predicted octanol–water partition coefficient (Wildman–Crippen LogP) is 2.71. The summed E-state index contributed by atoms with van der Waals surface area (Å²) in [6.45, 7) is 8.63. The predicted molar refractivity (Wildman–Crippen MR) is 139 cm³/mol. The van der Waals surface area contributed by atoms with Crippen LogP contribution in [0.2, 0.25) is 0 Å². The van der Waals surface area contributed by atoms with Crippen molar-refractivity contribution in [2.45, 2.75) is 71.4 Å². The van der Waals surface area contributed by atoms with Crippen LogP contribution in [0.4, 0.5) is 5.69 Å². The summed E-state index contributed by atoms with van der Waals surface area (Å²) in [4.78, 5) is 32.9. The Labute approximate surface area is 213 Å². The van der Waals surface area contributed by atoms with Gasteiger partial charge in [-0.1, -0.05) is 18.6 Å². The highest BCUT2D eigenvalue weighted by Gasteiger charge is 2.31. The lowest BCUT2D eigenvalue weighted by molar-refractivity contribution is -0.132. The van der Waals surface area contributed by atoms with Gasteiger partial charge < -0.3 is 19.8 Å². The Kier molecular flexibility index (Phi) is 7.32. The SMILES string of the molecule is Cc1cccc(N2CCN(C(=O)Cn3nc(C(=O)N4CCC(O)CC4)c4c3CCCCC4)CC2)c1C. The first kappa shape index (κ1) is 24.8. The average molecular weight is 494 g/mol. The summed E-state index contributed by atoms with van der Waals surface area (Å²) < 4.78 is 1.83. The van der Waals surface area contributed by atoms with Crippen molar-refractivity contribution < 1.29 is 14.7 Å². The molecule has 3 heterocycles. The van der Waals surface area contributed by atoms with Crippen molar-refractivity contribution in [2.75, 3.05) is 44.2 Å². The summed E-state index contributed by atoms with van der Waals surface area (Å²) in [6, 6.07) is 6.41. The van der Waals surface area contributed by atoms with Gasteiger partial charge >= 0.3 is 0 Å². The highest BCUT2D eigenvalue weighted by Crippen LogP contribution is 2.27. The molecule has 1 aromatic carbocycles. The number of fused-ring (bicyclic) bond motifs is 1. The molecule has 8 heteroatoms. The van der Waals surface area contributed by atoms with E-state index in [-0.39, 0.29) is 24.5 Å². The molecule has 2 fully saturated rings. The summed E-state index contributed by atoms with van der Waals surface area (Å²) in [7, 11) is 0. The molecule has 0 bridgehead atoms. The van der Waals surface area contributed by atoms with Crippen molar-refractivity contribution in [3.63, 3.8) is 0 Å². The highest BCUT2D eigenvalue weighted by molar-refractivity contribution is 5.94. The maximum atomic E-state index is 13.4. The van der Waals surface area contributed by atoms with Crippen molar-refractivity contribution >= 4 is 17.5 Å². The zero-order valence-electron chi connectivity index (χ0n) is 21.7. The van der Waals surface area contributed by atoms with Crippen molar-refractivity contribution in [2.24, 2.45) is 0 Å². The molecule has 8 nitrogen and oxygen atoms in total. The van der Waals surface area contributed by atoms with Crippen LogP contribution in [0.3, 0.4) is 0 Å². The van der Waals surface area contributed by atoms with Crippen LogP contribution in [0.15, 0.2) is 18.2 Å². The smallest absolute Gasteiger partial charge is 0.274 e. The maximum Gasteiger partial charge on any atom is 0.274 e. The number of aliphatic hydroxyl groups excluding tert-OH is 1. The lowest BCUT2D eigenvalue weighted by atomic mass is 10.0. The van der Waals surface area contributed by atoms with Crippen LogP contribution in [-0.2, 0) is 24.2 Å². The summed E-state index contributed by atoms with van der Waals surface area (Å²) >= 11 is 0. The van der Waals surface area contributed by atoms with Crippen LogP contribution >= 0.6 is 0 Å². The number of piperidine rings is 1. The molecule has 2 amide bonds. The fourth-order valence-corrected chi connectivity index (χ4v) is 5.87. The minimum Gasteiger partial charge on any atom is -0.393 e. The number of hydrogen-bond acceptors (Lipinski definition) is 5. The first-order chi connectivity index (χ1) is 17.4. The summed E-state index contributed by atoms with van der Waals surface area (Å²) in [5.74, 6) is 0.0265. The molecule has 0 atom stereocenters. The number of amides is 2. The van der Waals surface area contributed by atoms with Gasteiger partial charge in [0.05, 0.1) is 6.10 Å². The standard InChI is InChI=1S/C28H39N5O3/c1-20-7-6-10-24(21(20)2)30-15-17-31(18-16-30)26(35)19-33-25-9-5-3-4-8-23(25)27(29-33)28(36)32-13-11-22(34)12-14-32/h6-7,10,22,34H,3-5,8-9,11-19H2,1-2H3. The molecular formula is C28H39N5O3. The topological polar surface area (TPSA) is 81.9 Å². The normalized spacial score (nSPS) is 19.2. The lowest BCUT2D eigenvalue weighted by Gasteiger charge is -2.37. The second kappa shape index (κ2) is 10.6.